The number of nitrogens with zero attached hydrogens (tertiary/aromatic N) is 1. The number of rotatable bonds is 4. The molecule has 0 radical (unpaired) electrons. The van der Waals surface area contributed by atoms with Gasteiger partial charge in [-0.05, 0) is 41.3 Å². The van der Waals surface area contributed by atoms with Gasteiger partial charge in [-0.1, -0.05) is 42.5 Å². The Morgan fingerprint density at radius 3 is 2.60 bits per heavy atom. The van der Waals surface area contributed by atoms with Crippen LogP contribution in [0.5, 0.6) is 0 Å². The van der Waals surface area contributed by atoms with Crippen LogP contribution in [0.15, 0.2) is 60.2 Å². The number of likely N-dealkylation sites (tertiary alicyclic amines) is 1. The average molecular weight is 334 g/mol. The Labute approximate surface area is 148 Å². The largest absolute Gasteiger partial charge is 0.481 e. The third-order valence-corrected chi connectivity index (χ3v) is 6.04. The van der Waals surface area contributed by atoms with E-state index in [1.807, 2.05) is 6.07 Å². The van der Waals surface area contributed by atoms with Gasteiger partial charge in [0.25, 0.3) is 0 Å². The molecule has 3 heteroatoms. The number of quaternary nitrogens is 1. The number of fused-ring (bicyclic) bond motifs is 3. The fraction of sp³-hybridized carbons (Fsp3) is 0.318. The normalized spacial score (nSPS) is 24.8. The molecule has 1 aliphatic carbocycles. The standard InChI is InChI=1S/C22H23NO2/c1-16-18-9-5-6-10-20(18)21-15-23(13-11-19(16)21,14-12-22(24)25)17-7-3-2-4-8-17/h2-10,21H,11-15H2,1H3/p+1. The van der Waals surface area contributed by atoms with E-state index in [1.54, 1.807) is 5.57 Å². The first-order chi connectivity index (χ1) is 12.1. The number of para-hydroxylation sites is 1. The Hall–Kier alpha value is -2.39. The molecule has 0 saturated carbocycles. The second-order valence-corrected chi connectivity index (χ2v) is 7.29. The second-order valence-electron chi connectivity index (χ2n) is 7.29. The van der Waals surface area contributed by atoms with Crippen molar-refractivity contribution in [2.75, 3.05) is 19.6 Å². The van der Waals surface area contributed by atoms with Crippen molar-refractivity contribution >= 4 is 17.2 Å². The van der Waals surface area contributed by atoms with Gasteiger partial charge in [-0.2, -0.15) is 0 Å². The maximum Gasteiger partial charge on any atom is 0.309 e. The predicted molar refractivity (Wildman–Crippen MR) is 101 cm³/mol. The molecule has 2 aromatic carbocycles. The predicted octanol–water partition coefficient (Wildman–Crippen LogP) is 4.44. The summed E-state index contributed by atoms with van der Waals surface area (Å²) in [6.45, 7) is 4.84. The molecule has 0 aromatic heterocycles. The minimum absolute atomic E-state index is 0.210. The highest BCUT2D eigenvalue weighted by molar-refractivity contribution is 5.78. The van der Waals surface area contributed by atoms with Crippen molar-refractivity contribution in [2.24, 2.45) is 0 Å². The van der Waals surface area contributed by atoms with Crippen LogP contribution in [0.3, 0.4) is 0 Å². The number of piperidine rings is 1. The maximum absolute atomic E-state index is 11.3. The molecule has 128 valence electrons. The Morgan fingerprint density at radius 2 is 1.84 bits per heavy atom. The van der Waals surface area contributed by atoms with E-state index in [-0.39, 0.29) is 6.42 Å². The van der Waals surface area contributed by atoms with Crippen LogP contribution in [0.25, 0.3) is 5.57 Å². The first-order valence-electron chi connectivity index (χ1n) is 9.03. The summed E-state index contributed by atoms with van der Waals surface area (Å²) in [5.74, 6) is -0.295. The van der Waals surface area contributed by atoms with Gasteiger partial charge in [0, 0.05) is 6.42 Å². The molecule has 0 spiro atoms. The van der Waals surface area contributed by atoms with Crippen molar-refractivity contribution in [3.63, 3.8) is 0 Å². The molecule has 1 fully saturated rings. The zero-order valence-corrected chi connectivity index (χ0v) is 14.6. The van der Waals surface area contributed by atoms with Crippen LogP contribution >= 0.6 is 0 Å². The second kappa shape index (κ2) is 6.16. The Bertz CT molecular complexity index is 840. The van der Waals surface area contributed by atoms with E-state index in [0.29, 0.717) is 12.5 Å². The lowest BCUT2D eigenvalue weighted by Crippen LogP contribution is -2.56. The van der Waals surface area contributed by atoms with Crippen LogP contribution in [-0.4, -0.2) is 30.7 Å². The lowest BCUT2D eigenvalue weighted by atomic mass is 9.87. The molecule has 2 aromatic rings. The van der Waals surface area contributed by atoms with Gasteiger partial charge in [-0.3, -0.25) is 9.28 Å². The number of benzene rings is 2. The Morgan fingerprint density at radius 1 is 1.12 bits per heavy atom. The van der Waals surface area contributed by atoms with Crippen LogP contribution in [0, 0.1) is 0 Å². The van der Waals surface area contributed by atoms with E-state index in [1.165, 1.54) is 22.4 Å². The van der Waals surface area contributed by atoms with Crippen molar-refractivity contribution in [2.45, 2.75) is 25.7 Å². The van der Waals surface area contributed by atoms with Gasteiger partial charge >= 0.3 is 5.97 Å². The zero-order valence-electron chi connectivity index (χ0n) is 14.6. The van der Waals surface area contributed by atoms with Gasteiger partial charge < -0.3 is 5.11 Å². The van der Waals surface area contributed by atoms with Crippen molar-refractivity contribution in [1.29, 1.82) is 0 Å². The van der Waals surface area contributed by atoms with Gasteiger partial charge in [0.2, 0.25) is 0 Å². The van der Waals surface area contributed by atoms with Crippen molar-refractivity contribution in [3.8, 4) is 0 Å². The summed E-state index contributed by atoms with van der Waals surface area (Å²) in [5, 5.41) is 9.27. The van der Waals surface area contributed by atoms with Crippen LogP contribution in [-0.2, 0) is 4.79 Å². The monoisotopic (exact) mass is 334 g/mol. The number of carbonyl (C=O) groups is 1. The number of hydrogen-bond acceptors (Lipinski definition) is 1. The third-order valence-electron chi connectivity index (χ3n) is 6.04. The third kappa shape index (κ3) is 2.69. The van der Waals surface area contributed by atoms with E-state index in [9.17, 15) is 9.90 Å². The fourth-order valence-corrected chi connectivity index (χ4v) is 4.73. The van der Waals surface area contributed by atoms with Crippen molar-refractivity contribution in [1.82, 2.24) is 4.48 Å². The van der Waals surface area contributed by atoms with E-state index in [0.717, 1.165) is 24.0 Å². The summed E-state index contributed by atoms with van der Waals surface area (Å²) in [6, 6.07) is 19.2. The summed E-state index contributed by atoms with van der Waals surface area (Å²) < 4.78 is 0.767. The van der Waals surface area contributed by atoms with E-state index < -0.39 is 5.97 Å². The van der Waals surface area contributed by atoms with Crippen LogP contribution in [0.4, 0.5) is 5.69 Å². The first-order valence-corrected chi connectivity index (χ1v) is 9.03. The Balaban J connectivity index is 1.75. The minimum Gasteiger partial charge on any atom is -0.481 e. The summed E-state index contributed by atoms with van der Waals surface area (Å²) >= 11 is 0. The summed E-state index contributed by atoms with van der Waals surface area (Å²) in [6.07, 6.45) is 1.25. The lowest BCUT2D eigenvalue weighted by Gasteiger charge is -2.44. The highest BCUT2D eigenvalue weighted by atomic mass is 16.4. The van der Waals surface area contributed by atoms with E-state index >= 15 is 0 Å². The van der Waals surface area contributed by atoms with Gasteiger partial charge in [-0.25, -0.2) is 0 Å². The highest BCUT2D eigenvalue weighted by Gasteiger charge is 2.43. The van der Waals surface area contributed by atoms with Crippen molar-refractivity contribution in [3.05, 3.63) is 71.3 Å². The molecule has 25 heavy (non-hydrogen) atoms. The molecule has 1 N–H and O–H groups in total. The van der Waals surface area contributed by atoms with E-state index in [4.69, 9.17) is 0 Å². The number of carboxylic acids is 1. The van der Waals surface area contributed by atoms with Gasteiger partial charge in [0.1, 0.15) is 5.69 Å². The summed E-state index contributed by atoms with van der Waals surface area (Å²) in [5.41, 5.74) is 7.04. The SMILES string of the molecule is CC1=C2CC[N+](CCC(=O)O)(c3ccccc3)CC2c2ccccc21. The molecule has 2 unspecified atom stereocenters. The molecule has 4 rings (SSSR count). The van der Waals surface area contributed by atoms with Crippen LogP contribution < -0.4 is 4.48 Å². The highest BCUT2D eigenvalue weighted by Crippen LogP contribution is 2.48. The Kier molecular flexibility index (Phi) is 3.97. The van der Waals surface area contributed by atoms with Crippen molar-refractivity contribution < 1.29 is 9.90 Å². The number of aliphatic carboxylic acids is 1. The molecule has 0 bridgehead atoms. The van der Waals surface area contributed by atoms with Gasteiger partial charge in [0.05, 0.1) is 32.0 Å². The molecule has 2 aliphatic rings. The smallest absolute Gasteiger partial charge is 0.309 e. The zero-order chi connectivity index (χ0) is 17.4. The summed E-state index contributed by atoms with van der Waals surface area (Å²) in [4.78, 5) is 11.3. The molecule has 2 atom stereocenters. The molecule has 0 amide bonds. The van der Waals surface area contributed by atoms with E-state index in [2.05, 4.69) is 55.5 Å². The number of hydrogen-bond donors (Lipinski definition) is 1. The number of carboxylic acid groups (broad SMARTS) is 1. The maximum atomic E-state index is 11.3. The molecule has 1 heterocycles. The summed E-state index contributed by atoms with van der Waals surface area (Å²) in [7, 11) is 0. The van der Waals surface area contributed by atoms with Gasteiger partial charge in [0.15, 0.2) is 0 Å². The minimum atomic E-state index is -0.710. The van der Waals surface area contributed by atoms with Gasteiger partial charge in [-0.15, -0.1) is 0 Å². The molecular weight excluding hydrogens is 310 g/mol. The molecular formula is C22H24NO2+. The topological polar surface area (TPSA) is 37.3 Å². The van der Waals surface area contributed by atoms with Crippen LogP contribution in [0.1, 0.15) is 36.8 Å². The van der Waals surface area contributed by atoms with Crippen LogP contribution in [0.2, 0.25) is 0 Å². The first kappa shape index (κ1) is 16.1. The molecule has 3 nitrogen and oxygen atoms in total. The fourth-order valence-electron chi connectivity index (χ4n) is 4.73. The quantitative estimate of drug-likeness (QED) is 0.839. The molecule has 1 saturated heterocycles. The average Bonchev–Trinajstić information content (AvgIpc) is 2.93. The number of allylic oxidation sites excluding steroid dienone is 1. The lowest BCUT2D eigenvalue weighted by molar-refractivity contribution is -0.137. The molecule has 1 aliphatic heterocycles.